The van der Waals surface area contributed by atoms with Gasteiger partial charge >= 0.3 is 0 Å². The van der Waals surface area contributed by atoms with Gasteiger partial charge in [-0.15, -0.1) is 0 Å². The van der Waals surface area contributed by atoms with Crippen molar-refractivity contribution in [2.75, 3.05) is 5.32 Å². The van der Waals surface area contributed by atoms with Crippen LogP contribution in [0.15, 0.2) is 53.1 Å². The lowest BCUT2D eigenvalue weighted by Gasteiger charge is -2.13. The quantitative estimate of drug-likeness (QED) is 0.466. The van der Waals surface area contributed by atoms with E-state index in [0.717, 1.165) is 11.2 Å². The molecule has 0 radical (unpaired) electrons. The molecule has 2 heterocycles. The molecule has 0 saturated heterocycles. The fourth-order valence-electron chi connectivity index (χ4n) is 3.10. The van der Waals surface area contributed by atoms with Crippen molar-refractivity contribution in [1.82, 2.24) is 14.8 Å². The highest BCUT2D eigenvalue weighted by Gasteiger charge is 2.21. The lowest BCUT2D eigenvalue weighted by molar-refractivity contribution is 0.102. The molecular weight excluding hydrogens is 379 g/mol. The number of amides is 1. The lowest BCUT2D eigenvalue weighted by atomic mass is 10.0. The molecule has 6 nitrogen and oxygen atoms in total. The first kappa shape index (κ1) is 18.1. The number of nitrogens with zero attached hydrogens (tertiary/aromatic N) is 2. The maximum Gasteiger partial charge on any atom is 0.266 e. The van der Waals surface area contributed by atoms with E-state index in [4.69, 9.17) is 16.6 Å². The number of hydrogen-bond acceptors (Lipinski definition) is 4. The van der Waals surface area contributed by atoms with Gasteiger partial charge in [-0.3, -0.25) is 4.79 Å². The number of hydrogen-bond donors (Lipinski definition) is 2. The minimum absolute atomic E-state index is 0.0261. The van der Waals surface area contributed by atoms with Crippen LogP contribution in [0.4, 0.5) is 10.1 Å². The second-order valence-corrected chi connectivity index (χ2v) is 7.04. The van der Waals surface area contributed by atoms with Crippen LogP contribution in [-0.4, -0.2) is 20.7 Å². The number of aromatic amines is 1. The number of carbonyl (C=O) groups is 1. The number of rotatable bonds is 4. The van der Waals surface area contributed by atoms with Gasteiger partial charge in [0.2, 0.25) is 0 Å². The van der Waals surface area contributed by atoms with Gasteiger partial charge in [-0.05, 0) is 54.5 Å². The summed E-state index contributed by atoms with van der Waals surface area (Å²) in [5.74, 6) is -0.587. The summed E-state index contributed by atoms with van der Waals surface area (Å²) in [6.07, 6.45) is 1.52. The van der Waals surface area contributed by atoms with Gasteiger partial charge in [-0.1, -0.05) is 13.8 Å². The maximum absolute atomic E-state index is 13.2. The summed E-state index contributed by atoms with van der Waals surface area (Å²) in [6.45, 7) is 3.95. The van der Waals surface area contributed by atoms with Crippen LogP contribution >= 0.6 is 12.2 Å². The standard InChI is InChI=1S/C20H17FN4O2S/c1-11(2)18-15(10-22-25(18)14-6-3-12(21)4-7-14)19(26)23-13-5-8-16-17(9-13)27-20(28)24-16/h3-11H,1-2H3,(H,23,26)(H,24,28). The lowest BCUT2D eigenvalue weighted by Crippen LogP contribution is -2.15. The minimum Gasteiger partial charge on any atom is -0.429 e. The molecule has 142 valence electrons. The Hall–Kier alpha value is -3.26. The number of anilines is 1. The summed E-state index contributed by atoms with van der Waals surface area (Å²) in [5.41, 5.74) is 3.79. The molecule has 0 atom stereocenters. The Morgan fingerprint density at radius 3 is 2.71 bits per heavy atom. The number of fused-ring (bicyclic) bond motifs is 1. The summed E-state index contributed by atoms with van der Waals surface area (Å²) in [4.78, 5) is 16.1. The third-order valence-corrected chi connectivity index (χ3v) is 4.53. The topological polar surface area (TPSA) is 75.8 Å². The van der Waals surface area contributed by atoms with Crippen molar-refractivity contribution in [3.05, 3.63) is 70.6 Å². The van der Waals surface area contributed by atoms with Crippen molar-refractivity contribution in [2.24, 2.45) is 0 Å². The third kappa shape index (κ3) is 3.34. The predicted octanol–water partition coefficient (Wildman–Crippen LogP) is 5.19. The van der Waals surface area contributed by atoms with Crippen molar-refractivity contribution in [1.29, 1.82) is 0 Å². The Morgan fingerprint density at radius 2 is 2.00 bits per heavy atom. The second-order valence-electron chi connectivity index (χ2n) is 6.67. The summed E-state index contributed by atoms with van der Waals surface area (Å²) < 4.78 is 20.3. The van der Waals surface area contributed by atoms with Crippen molar-refractivity contribution in [3.63, 3.8) is 0 Å². The van der Waals surface area contributed by atoms with Crippen molar-refractivity contribution >= 4 is 34.9 Å². The average molecular weight is 396 g/mol. The molecule has 0 aliphatic carbocycles. The van der Waals surface area contributed by atoms with E-state index in [0.29, 0.717) is 22.5 Å². The SMILES string of the molecule is CC(C)c1c(C(=O)Nc2ccc3[nH]c(=S)oc3c2)cnn1-c1ccc(F)cc1. The molecule has 28 heavy (non-hydrogen) atoms. The molecule has 2 N–H and O–H groups in total. The zero-order valence-electron chi connectivity index (χ0n) is 15.2. The van der Waals surface area contributed by atoms with Gasteiger partial charge in [0.15, 0.2) is 5.58 Å². The molecule has 2 aromatic heterocycles. The smallest absolute Gasteiger partial charge is 0.266 e. The first-order chi connectivity index (χ1) is 13.4. The Labute approximate surface area is 165 Å². The molecule has 0 aliphatic rings. The molecule has 0 aliphatic heterocycles. The van der Waals surface area contributed by atoms with Crippen LogP contribution in [0.5, 0.6) is 0 Å². The van der Waals surface area contributed by atoms with Crippen LogP contribution < -0.4 is 5.32 Å². The minimum atomic E-state index is -0.326. The maximum atomic E-state index is 13.2. The number of carbonyl (C=O) groups excluding carboxylic acids is 1. The van der Waals surface area contributed by atoms with E-state index in [1.165, 1.54) is 18.3 Å². The average Bonchev–Trinajstić information content (AvgIpc) is 3.25. The number of oxazole rings is 1. The number of halogens is 1. The van der Waals surface area contributed by atoms with E-state index in [9.17, 15) is 9.18 Å². The fourth-order valence-corrected chi connectivity index (χ4v) is 3.30. The molecule has 0 saturated carbocycles. The van der Waals surface area contributed by atoms with E-state index in [1.807, 2.05) is 13.8 Å². The first-order valence-electron chi connectivity index (χ1n) is 8.70. The van der Waals surface area contributed by atoms with Crippen LogP contribution in [0.2, 0.25) is 0 Å². The molecular formula is C20H17FN4O2S. The molecule has 4 aromatic rings. The number of aromatic nitrogens is 3. The molecule has 4 rings (SSSR count). The van der Waals surface area contributed by atoms with Gasteiger partial charge in [0, 0.05) is 11.8 Å². The van der Waals surface area contributed by atoms with Gasteiger partial charge < -0.3 is 14.7 Å². The summed E-state index contributed by atoms with van der Waals surface area (Å²) in [6, 6.07) is 11.2. The molecule has 0 unspecified atom stereocenters. The Morgan fingerprint density at radius 1 is 1.25 bits per heavy atom. The Balaban J connectivity index is 1.68. The van der Waals surface area contributed by atoms with Gasteiger partial charge in [-0.2, -0.15) is 5.10 Å². The fraction of sp³-hybridized carbons (Fsp3) is 0.150. The van der Waals surface area contributed by atoms with Crippen molar-refractivity contribution in [2.45, 2.75) is 19.8 Å². The number of nitrogens with one attached hydrogen (secondary N) is 2. The van der Waals surface area contributed by atoms with Crippen LogP contribution in [0.25, 0.3) is 16.8 Å². The van der Waals surface area contributed by atoms with E-state index >= 15 is 0 Å². The van der Waals surface area contributed by atoms with E-state index in [-0.39, 0.29) is 22.5 Å². The first-order valence-corrected chi connectivity index (χ1v) is 9.11. The summed E-state index contributed by atoms with van der Waals surface area (Å²) in [7, 11) is 0. The summed E-state index contributed by atoms with van der Waals surface area (Å²) >= 11 is 4.98. The molecule has 0 fully saturated rings. The number of H-pyrrole nitrogens is 1. The number of benzene rings is 2. The highest BCUT2D eigenvalue weighted by molar-refractivity contribution is 7.71. The van der Waals surface area contributed by atoms with E-state index in [1.54, 1.807) is 35.0 Å². The zero-order valence-corrected chi connectivity index (χ0v) is 16.0. The highest BCUT2D eigenvalue weighted by atomic mass is 32.1. The van der Waals surface area contributed by atoms with Gasteiger partial charge in [0.05, 0.1) is 28.7 Å². The molecule has 0 bridgehead atoms. The van der Waals surface area contributed by atoms with Crippen LogP contribution in [0.3, 0.4) is 0 Å². The van der Waals surface area contributed by atoms with Crippen LogP contribution in [-0.2, 0) is 0 Å². The normalized spacial score (nSPS) is 11.3. The summed E-state index contributed by atoms with van der Waals surface area (Å²) in [5, 5.41) is 7.22. The second kappa shape index (κ2) is 7.05. The van der Waals surface area contributed by atoms with Crippen LogP contribution in [0.1, 0.15) is 35.8 Å². The van der Waals surface area contributed by atoms with Gasteiger partial charge in [0.1, 0.15) is 5.82 Å². The predicted molar refractivity (Wildman–Crippen MR) is 107 cm³/mol. The molecule has 8 heteroatoms. The molecule has 0 spiro atoms. The Kier molecular flexibility index (Phi) is 4.56. The van der Waals surface area contributed by atoms with Gasteiger partial charge in [0.25, 0.3) is 10.7 Å². The molecule has 1 amide bonds. The van der Waals surface area contributed by atoms with E-state index < -0.39 is 0 Å². The molecule has 2 aromatic carbocycles. The van der Waals surface area contributed by atoms with E-state index in [2.05, 4.69) is 15.4 Å². The third-order valence-electron chi connectivity index (χ3n) is 4.35. The Bertz CT molecular complexity index is 1220. The highest BCUT2D eigenvalue weighted by Crippen LogP contribution is 2.25. The van der Waals surface area contributed by atoms with Crippen molar-refractivity contribution < 1.29 is 13.6 Å². The van der Waals surface area contributed by atoms with Crippen LogP contribution in [0, 0.1) is 10.7 Å². The monoisotopic (exact) mass is 396 g/mol. The largest absolute Gasteiger partial charge is 0.429 e. The van der Waals surface area contributed by atoms with Crippen molar-refractivity contribution in [3.8, 4) is 5.69 Å². The zero-order chi connectivity index (χ0) is 19.8. The van der Waals surface area contributed by atoms with Gasteiger partial charge in [-0.25, -0.2) is 9.07 Å².